The molecular weight excluding hydrogens is 289 g/mol. The van der Waals surface area contributed by atoms with Gasteiger partial charge in [-0.05, 0) is 47.0 Å². The van der Waals surface area contributed by atoms with E-state index in [4.69, 9.17) is 0 Å². The molecule has 0 unspecified atom stereocenters. The molecule has 1 N–H and O–H groups in total. The van der Waals surface area contributed by atoms with Crippen molar-refractivity contribution in [2.75, 3.05) is 19.0 Å². The predicted octanol–water partition coefficient (Wildman–Crippen LogP) is 3.26. The van der Waals surface area contributed by atoms with Crippen LogP contribution in [0.2, 0.25) is 0 Å². The molecule has 5 heteroatoms. The number of carbonyl (C=O) groups is 1. The van der Waals surface area contributed by atoms with Crippen LogP contribution in [-0.4, -0.2) is 19.6 Å². The van der Waals surface area contributed by atoms with Gasteiger partial charge in [0.15, 0.2) is 0 Å². The molecule has 0 aliphatic heterocycles. The minimum absolute atomic E-state index is 0.231. The number of anilines is 1. The first kappa shape index (κ1) is 14.0. The van der Waals surface area contributed by atoms with E-state index in [2.05, 4.69) is 26.0 Å². The molecule has 0 spiro atoms. The Morgan fingerprint density at radius 1 is 1.53 bits per heavy atom. The molecule has 0 bridgehead atoms. The van der Waals surface area contributed by atoms with Gasteiger partial charge in [0.1, 0.15) is 5.82 Å². The molecule has 0 radical (unpaired) electrons. The second-order valence-electron chi connectivity index (χ2n) is 3.69. The third-order valence-electron chi connectivity index (χ3n) is 2.37. The van der Waals surface area contributed by atoms with Gasteiger partial charge < -0.3 is 10.1 Å². The second kappa shape index (κ2) is 6.59. The predicted molar refractivity (Wildman–Crippen MR) is 68.6 cm³/mol. The summed E-state index contributed by atoms with van der Waals surface area (Å²) in [5.41, 5.74) is 1.70. The zero-order valence-electron chi connectivity index (χ0n) is 9.85. The van der Waals surface area contributed by atoms with E-state index in [-0.39, 0.29) is 11.8 Å². The number of hydrogen-bond acceptors (Lipinski definition) is 3. The zero-order valence-corrected chi connectivity index (χ0v) is 11.4. The Balaban J connectivity index is 2.47. The Kier molecular flexibility index (Phi) is 5.41. The van der Waals surface area contributed by atoms with Crippen molar-refractivity contribution < 1.29 is 13.9 Å². The highest BCUT2D eigenvalue weighted by Crippen LogP contribution is 2.23. The summed E-state index contributed by atoms with van der Waals surface area (Å²) in [6.45, 7) is 2.50. The van der Waals surface area contributed by atoms with E-state index < -0.39 is 0 Å². The van der Waals surface area contributed by atoms with E-state index in [9.17, 15) is 9.18 Å². The smallest absolute Gasteiger partial charge is 0.305 e. The van der Waals surface area contributed by atoms with Crippen LogP contribution in [0.3, 0.4) is 0 Å². The van der Waals surface area contributed by atoms with Crippen LogP contribution in [0.4, 0.5) is 10.1 Å². The molecule has 94 valence electrons. The molecule has 1 aromatic rings. The number of hydrogen-bond donors (Lipinski definition) is 1. The van der Waals surface area contributed by atoms with Gasteiger partial charge in [0.2, 0.25) is 0 Å². The highest BCUT2D eigenvalue weighted by molar-refractivity contribution is 9.10. The van der Waals surface area contributed by atoms with E-state index in [1.54, 1.807) is 6.07 Å². The first-order valence-electron chi connectivity index (χ1n) is 5.31. The minimum atomic E-state index is -0.300. The number of halogens is 2. The van der Waals surface area contributed by atoms with Crippen LogP contribution in [0.25, 0.3) is 0 Å². The lowest BCUT2D eigenvalue weighted by Crippen LogP contribution is -2.07. The fourth-order valence-corrected chi connectivity index (χ4v) is 1.85. The highest BCUT2D eigenvalue weighted by Gasteiger charge is 2.05. The maximum atomic E-state index is 13.3. The van der Waals surface area contributed by atoms with Gasteiger partial charge in [-0.1, -0.05) is 0 Å². The molecule has 1 rings (SSSR count). The van der Waals surface area contributed by atoms with E-state index in [1.165, 1.54) is 13.2 Å². The van der Waals surface area contributed by atoms with Crippen LogP contribution in [0.15, 0.2) is 16.6 Å². The molecule has 3 nitrogen and oxygen atoms in total. The Bertz CT molecular complexity index is 410. The Labute approximate surface area is 108 Å². The van der Waals surface area contributed by atoms with Gasteiger partial charge in [-0.2, -0.15) is 0 Å². The molecule has 0 aliphatic rings. The second-order valence-corrected chi connectivity index (χ2v) is 4.54. The Morgan fingerprint density at radius 3 is 2.88 bits per heavy atom. The molecule has 0 saturated carbocycles. The van der Waals surface area contributed by atoms with Crippen molar-refractivity contribution in [2.45, 2.75) is 19.8 Å². The quantitative estimate of drug-likeness (QED) is 0.670. The number of ether oxygens (including phenoxy) is 1. The van der Waals surface area contributed by atoms with E-state index in [0.717, 1.165) is 11.3 Å². The average Bonchev–Trinajstić information content (AvgIpc) is 2.30. The number of carbonyl (C=O) groups excluding carboxylic acids is 1. The average molecular weight is 304 g/mol. The molecule has 0 aromatic heterocycles. The van der Waals surface area contributed by atoms with E-state index >= 15 is 0 Å². The van der Waals surface area contributed by atoms with Crippen LogP contribution in [0.5, 0.6) is 0 Å². The van der Waals surface area contributed by atoms with E-state index in [1.807, 2.05) is 6.92 Å². The van der Waals surface area contributed by atoms with Gasteiger partial charge in [-0.25, -0.2) is 4.39 Å². The lowest BCUT2D eigenvalue weighted by molar-refractivity contribution is -0.140. The third-order valence-corrected chi connectivity index (χ3v) is 2.98. The molecule has 1 aromatic carbocycles. The molecule has 0 aliphatic carbocycles. The van der Waals surface area contributed by atoms with Gasteiger partial charge in [-0.15, -0.1) is 0 Å². The van der Waals surface area contributed by atoms with Gasteiger partial charge in [0.05, 0.1) is 11.6 Å². The maximum Gasteiger partial charge on any atom is 0.305 e. The molecule has 0 heterocycles. The van der Waals surface area contributed by atoms with Crippen molar-refractivity contribution in [3.05, 3.63) is 28.0 Å². The van der Waals surface area contributed by atoms with Crippen LogP contribution < -0.4 is 5.32 Å². The van der Waals surface area contributed by atoms with Gasteiger partial charge in [0.25, 0.3) is 0 Å². The summed E-state index contributed by atoms with van der Waals surface area (Å²) in [7, 11) is 1.37. The molecular formula is C12H15BrFNO2. The lowest BCUT2D eigenvalue weighted by atomic mass is 10.2. The van der Waals surface area contributed by atoms with Gasteiger partial charge in [-0.3, -0.25) is 4.79 Å². The number of rotatable bonds is 5. The summed E-state index contributed by atoms with van der Waals surface area (Å²) in [5.74, 6) is -0.531. The number of esters is 1. The van der Waals surface area contributed by atoms with Crippen molar-refractivity contribution in [3.63, 3.8) is 0 Å². The van der Waals surface area contributed by atoms with Crippen LogP contribution in [0, 0.1) is 12.7 Å². The topological polar surface area (TPSA) is 38.3 Å². The zero-order chi connectivity index (χ0) is 12.8. The van der Waals surface area contributed by atoms with Crippen LogP contribution in [-0.2, 0) is 9.53 Å². The first-order valence-corrected chi connectivity index (χ1v) is 6.10. The summed E-state index contributed by atoms with van der Waals surface area (Å²) < 4.78 is 18.3. The normalized spacial score (nSPS) is 10.1. The van der Waals surface area contributed by atoms with Gasteiger partial charge in [0, 0.05) is 18.7 Å². The molecule has 0 amide bonds. The molecule has 0 atom stereocenters. The first-order chi connectivity index (χ1) is 8.04. The summed E-state index contributed by atoms with van der Waals surface area (Å²) in [6, 6.07) is 3.16. The standard InChI is InChI=1S/C12H15BrFNO2/c1-8-6-9(13)10(14)7-11(8)15-5-3-4-12(16)17-2/h6-7,15H,3-5H2,1-2H3. The fourth-order valence-electron chi connectivity index (χ4n) is 1.39. The lowest BCUT2D eigenvalue weighted by Gasteiger charge is -2.10. The monoisotopic (exact) mass is 303 g/mol. The summed E-state index contributed by atoms with van der Waals surface area (Å²) in [5, 5.41) is 3.09. The number of methoxy groups -OCH3 is 1. The minimum Gasteiger partial charge on any atom is -0.469 e. The fraction of sp³-hybridized carbons (Fsp3) is 0.417. The van der Waals surface area contributed by atoms with Crippen molar-refractivity contribution in [2.24, 2.45) is 0 Å². The number of aryl methyl sites for hydroxylation is 1. The Hall–Kier alpha value is -1.10. The van der Waals surface area contributed by atoms with E-state index in [0.29, 0.717) is 23.9 Å². The van der Waals surface area contributed by atoms with Crippen LogP contribution in [0.1, 0.15) is 18.4 Å². The third kappa shape index (κ3) is 4.34. The highest BCUT2D eigenvalue weighted by atomic mass is 79.9. The SMILES string of the molecule is COC(=O)CCCNc1cc(F)c(Br)cc1C. The van der Waals surface area contributed by atoms with Crippen LogP contribution >= 0.6 is 15.9 Å². The van der Waals surface area contributed by atoms with Crippen molar-refractivity contribution in [1.29, 1.82) is 0 Å². The Morgan fingerprint density at radius 2 is 2.24 bits per heavy atom. The summed E-state index contributed by atoms with van der Waals surface area (Å²) in [6.07, 6.45) is 1.02. The van der Waals surface area contributed by atoms with Gasteiger partial charge >= 0.3 is 5.97 Å². The summed E-state index contributed by atoms with van der Waals surface area (Å²) >= 11 is 3.13. The maximum absolute atomic E-state index is 13.3. The molecule has 17 heavy (non-hydrogen) atoms. The largest absolute Gasteiger partial charge is 0.469 e. The number of nitrogens with one attached hydrogen (secondary N) is 1. The van der Waals surface area contributed by atoms with Crippen molar-refractivity contribution in [3.8, 4) is 0 Å². The molecule has 0 saturated heterocycles. The van der Waals surface area contributed by atoms with Crippen molar-refractivity contribution >= 4 is 27.6 Å². The van der Waals surface area contributed by atoms with Crippen molar-refractivity contribution in [1.82, 2.24) is 0 Å². The summed E-state index contributed by atoms with van der Waals surface area (Å²) in [4.78, 5) is 10.9. The number of benzene rings is 1. The molecule has 0 fully saturated rings.